The van der Waals surface area contributed by atoms with Crippen molar-refractivity contribution in [1.29, 1.82) is 0 Å². The van der Waals surface area contributed by atoms with Crippen LogP contribution in [0.1, 0.15) is 72.5 Å². The summed E-state index contributed by atoms with van der Waals surface area (Å²) in [6.45, 7) is 16.8. The predicted octanol–water partition coefficient (Wildman–Crippen LogP) is 6.55. The minimum Gasteiger partial charge on any atom is -0.444 e. The van der Waals surface area contributed by atoms with E-state index in [0.29, 0.717) is 19.4 Å². The zero-order chi connectivity index (χ0) is 24.2. The van der Waals surface area contributed by atoms with Crippen molar-refractivity contribution in [3.8, 4) is 0 Å². The van der Waals surface area contributed by atoms with Crippen molar-refractivity contribution in [2.75, 3.05) is 6.61 Å². The highest BCUT2D eigenvalue weighted by Gasteiger charge is 2.40. The summed E-state index contributed by atoms with van der Waals surface area (Å²) in [6, 6.07) is 9.79. The highest BCUT2D eigenvalue weighted by atomic mass is 28.4. The first kappa shape index (κ1) is 26.8. The minimum atomic E-state index is -2.04. The van der Waals surface area contributed by atoms with Gasteiger partial charge in [0.25, 0.3) is 0 Å². The number of halogens is 1. The topological polar surface area (TPSA) is 56.8 Å². The maximum absolute atomic E-state index is 14.9. The molecule has 182 valence electrons. The number of ether oxygens (including phenoxy) is 2. The van der Waals surface area contributed by atoms with Crippen molar-refractivity contribution in [1.82, 2.24) is 5.32 Å². The Hall–Kier alpha value is -1.44. The predicted molar refractivity (Wildman–Crippen MR) is 129 cm³/mol. The molecule has 0 heterocycles. The largest absolute Gasteiger partial charge is 0.444 e. The molecule has 0 aromatic heterocycles. The monoisotopic (exact) mass is 467 g/mol. The van der Waals surface area contributed by atoms with Crippen molar-refractivity contribution in [2.24, 2.45) is 0 Å². The Kier molecular flexibility index (Phi) is 8.93. The lowest BCUT2D eigenvalue weighted by Gasteiger charge is -2.40. The average molecular weight is 468 g/mol. The first-order chi connectivity index (χ1) is 14.7. The van der Waals surface area contributed by atoms with E-state index in [-0.39, 0.29) is 23.6 Å². The summed E-state index contributed by atoms with van der Waals surface area (Å²) in [4.78, 5) is 12.0. The fraction of sp³-hybridized carbons (Fsp3) is 0.720. The summed E-state index contributed by atoms with van der Waals surface area (Å²) in [5.74, 6) is 0. The fourth-order valence-electron chi connectivity index (χ4n) is 3.49. The van der Waals surface area contributed by atoms with Gasteiger partial charge in [-0.25, -0.2) is 9.18 Å². The van der Waals surface area contributed by atoms with Crippen LogP contribution in [0.3, 0.4) is 0 Å². The quantitative estimate of drug-likeness (QED) is 0.462. The maximum Gasteiger partial charge on any atom is 0.407 e. The van der Waals surface area contributed by atoms with Crippen LogP contribution in [0.2, 0.25) is 18.1 Å². The third kappa shape index (κ3) is 8.16. The first-order valence-corrected chi connectivity index (χ1v) is 14.6. The maximum atomic E-state index is 14.9. The number of benzene rings is 1. The van der Waals surface area contributed by atoms with Gasteiger partial charge < -0.3 is 19.2 Å². The molecule has 4 unspecified atom stereocenters. The molecule has 5 nitrogen and oxygen atoms in total. The molecular formula is C25H42FNO4Si. The van der Waals surface area contributed by atoms with Crippen LogP contribution in [0.15, 0.2) is 30.3 Å². The number of rotatable bonds is 7. The molecule has 1 aliphatic rings. The number of amides is 1. The molecule has 4 atom stereocenters. The van der Waals surface area contributed by atoms with Crippen LogP contribution in [0, 0.1) is 0 Å². The van der Waals surface area contributed by atoms with Gasteiger partial charge >= 0.3 is 6.09 Å². The molecule has 1 aromatic rings. The van der Waals surface area contributed by atoms with Gasteiger partial charge in [0, 0.05) is 12.5 Å². The summed E-state index contributed by atoms with van der Waals surface area (Å²) >= 11 is 0. The molecule has 0 saturated heterocycles. The van der Waals surface area contributed by atoms with Crippen molar-refractivity contribution in [3.63, 3.8) is 0 Å². The Morgan fingerprint density at radius 3 is 2.28 bits per heavy atom. The van der Waals surface area contributed by atoms with E-state index in [1.165, 1.54) is 0 Å². The van der Waals surface area contributed by atoms with Crippen molar-refractivity contribution in [2.45, 2.75) is 109 Å². The molecular weight excluding hydrogens is 425 g/mol. The van der Waals surface area contributed by atoms with Gasteiger partial charge in [-0.1, -0.05) is 51.1 Å². The van der Waals surface area contributed by atoms with Crippen LogP contribution in [0.25, 0.3) is 0 Å². The van der Waals surface area contributed by atoms with Gasteiger partial charge in [0.05, 0.1) is 18.8 Å². The Balaban J connectivity index is 1.96. The van der Waals surface area contributed by atoms with E-state index in [9.17, 15) is 9.18 Å². The molecule has 1 N–H and O–H groups in total. The Bertz CT molecular complexity index is 730. The highest BCUT2D eigenvalue weighted by Crippen LogP contribution is 2.40. The Labute approximate surface area is 194 Å². The van der Waals surface area contributed by atoms with E-state index in [1.807, 2.05) is 51.1 Å². The molecule has 1 amide bonds. The lowest BCUT2D eigenvalue weighted by molar-refractivity contribution is -0.0606. The van der Waals surface area contributed by atoms with Gasteiger partial charge in [0.2, 0.25) is 0 Å². The van der Waals surface area contributed by atoms with E-state index in [1.54, 1.807) is 0 Å². The molecule has 0 aliphatic heterocycles. The second kappa shape index (κ2) is 10.7. The Morgan fingerprint density at radius 1 is 1.12 bits per heavy atom. The zero-order valence-corrected chi connectivity index (χ0v) is 22.0. The van der Waals surface area contributed by atoms with Crippen molar-refractivity contribution >= 4 is 14.4 Å². The van der Waals surface area contributed by atoms with Gasteiger partial charge in [0.15, 0.2) is 8.32 Å². The van der Waals surface area contributed by atoms with Crippen LogP contribution in [0.4, 0.5) is 9.18 Å². The van der Waals surface area contributed by atoms with E-state index >= 15 is 0 Å². The number of alkyl carbamates (subject to hydrolysis) is 1. The summed E-state index contributed by atoms with van der Waals surface area (Å²) in [6.07, 6.45) is -0.952. The molecule has 7 heteroatoms. The molecule has 0 radical (unpaired) electrons. The SMILES string of the molecule is CC(C)(C)OC(=O)NC1CCC(OCC(O[Si](C)(C)C(C)(C)C)c2ccccc2)C(F)C1. The molecule has 1 aromatic carbocycles. The molecule has 1 saturated carbocycles. The smallest absolute Gasteiger partial charge is 0.407 e. The van der Waals surface area contributed by atoms with E-state index < -0.39 is 32.3 Å². The van der Waals surface area contributed by atoms with Gasteiger partial charge in [-0.2, -0.15) is 0 Å². The van der Waals surface area contributed by atoms with Crippen LogP contribution < -0.4 is 5.32 Å². The number of carbonyl (C=O) groups is 1. The summed E-state index contributed by atoms with van der Waals surface area (Å²) in [5.41, 5.74) is 0.476. The second-order valence-electron chi connectivity index (χ2n) is 11.3. The third-order valence-electron chi connectivity index (χ3n) is 6.31. The normalized spacial score (nSPS) is 23.5. The zero-order valence-electron chi connectivity index (χ0n) is 21.0. The summed E-state index contributed by atoms with van der Waals surface area (Å²) in [7, 11) is -2.04. The lowest BCUT2D eigenvalue weighted by Crippen LogP contribution is -2.46. The standard InChI is InChI=1S/C25H42FNO4Si/c1-24(2,3)30-23(28)27-19-14-15-21(20(26)16-19)29-17-22(18-12-10-9-11-13-18)31-32(7,8)25(4,5)6/h9-13,19-22H,14-17H2,1-8H3,(H,27,28). The fourth-order valence-corrected chi connectivity index (χ4v) is 4.76. The lowest BCUT2D eigenvalue weighted by atomic mass is 9.91. The van der Waals surface area contributed by atoms with Gasteiger partial charge in [-0.05, 0) is 57.3 Å². The summed E-state index contributed by atoms with van der Waals surface area (Å²) < 4.78 is 32.9. The molecule has 1 fully saturated rings. The van der Waals surface area contributed by atoms with Crippen LogP contribution in [0.5, 0.6) is 0 Å². The molecule has 1 aliphatic carbocycles. The number of alkyl halides is 1. The molecule has 32 heavy (non-hydrogen) atoms. The van der Waals surface area contributed by atoms with Crippen LogP contribution >= 0.6 is 0 Å². The highest BCUT2D eigenvalue weighted by molar-refractivity contribution is 6.74. The minimum absolute atomic E-state index is 0.0635. The van der Waals surface area contributed by atoms with Crippen LogP contribution in [-0.4, -0.2) is 44.9 Å². The average Bonchev–Trinajstić information content (AvgIpc) is 2.64. The molecule has 0 bridgehead atoms. The van der Waals surface area contributed by atoms with E-state index in [0.717, 1.165) is 5.56 Å². The van der Waals surface area contributed by atoms with Gasteiger partial charge in [-0.3, -0.25) is 0 Å². The number of carbonyl (C=O) groups excluding carboxylic acids is 1. The first-order valence-electron chi connectivity index (χ1n) is 11.7. The van der Waals surface area contributed by atoms with Gasteiger partial charge in [0.1, 0.15) is 11.8 Å². The van der Waals surface area contributed by atoms with E-state index in [2.05, 4.69) is 39.2 Å². The van der Waals surface area contributed by atoms with Crippen molar-refractivity contribution < 1.29 is 23.1 Å². The van der Waals surface area contributed by atoms with Crippen LogP contribution in [-0.2, 0) is 13.9 Å². The molecule has 0 spiro atoms. The number of nitrogens with one attached hydrogen (secondary N) is 1. The van der Waals surface area contributed by atoms with Gasteiger partial charge in [-0.15, -0.1) is 0 Å². The number of hydrogen-bond donors (Lipinski definition) is 1. The number of hydrogen-bond acceptors (Lipinski definition) is 4. The molecule has 2 rings (SSSR count). The Morgan fingerprint density at radius 2 is 1.75 bits per heavy atom. The third-order valence-corrected chi connectivity index (χ3v) is 10.8. The van der Waals surface area contributed by atoms with E-state index in [4.69, 9.17) is 13.9 Å². The van der Waals surface area contributed by atoms with Crippen molar-refractivity contribution in [3.05, 3.63) is 35.9 Å². The summed E-state index contributed by atoms with van der Waals surface area (Å²) in [5, 5.41) is 2.85. The second-order valence-corrected chi connectivity index (χ2v) is 16.1.